The fourth-order valence-corrected chi connectivity index (χ4v) is 3.60. The van der Waals surface area contributed by atoms with E-state index in [0.717, 1.165) is 31.2 Å². The van der Waals surface area contributed by atoms with Gasteiger partial charge in [0.05, 0.1) is 18.5 Å². The van der Waals surface area contributed by atoms with Gasteiger partial charge in [0.15, 0.2) is 5.16 Å². The molecule has 0 saturated carbocycles. The van der Waals surface area contributed by atoms with Gasteiger partial charge in [0.25, 0.3) is 0 Å². The maximum Gasteiger partial charge on any atom is 0.237 e. The molecule has 1 aliphatic heterocycles. The van der Waals surface area contributed by atoms with Gasteiger partial charge in [0.2, 0.25) is 11.9 Å². The van der Waals surface area contributed by atoms with E-state index in [0.29, 0.717) is 24.9 Å². The number of carbonyl (C=O) groups excluding carboxylic acids is 1. The van der Waals surface area contributed by atoms with E-state index in [9.17, 15) is 13.6 Å². The number of halogens is 2. The monoisotopic (exact) mass is 397 g/mol. The Labute approximate surface area is 160 Å². The molecule has 27 heavy (non-hydrogen) atoms. The largest absolute Gasteiger partial charge is 0.378 e. The van der Waals surface area contributed by atoms with E-state index >= 15 is 0 Å². The minimum Gasteiger partial charge on any atom is -0.378 e. The lowest BCUT2D eigenvalue weighted by Gasteiger charge is -2.27. The molecule has 1 aromatic carbocycles. The molecular formula is C17H21F2N5O2S. The Bertz CT molecular complexity index is 790. The van der Waals surface area contributed by atoms with Crippen LogP contribution in [0.1, 0.15) is 13.8 Å². The number of benzene rings is 1. The summed E-state index contributed by atoms with van der Waals surface area (Å²) in [6, 6.07) is 3.44. The number of rotatable bonds is 6. The third-order valence-electron chi connectivity index (χ3n) is 4.17. The Balaban J connectivity index is 1.71. The first-order valence-corrected chi connectivity index (χ1v) is 9.56. The number of anilines is 2. The zero-order chi connectivity index (χ0) is 19.4. The van der Waals surface area contributed by atoms with Crippen molar-refractivity contribution in [3.8, 4) is 0 Å². The number of carbonyl (C=O) groups is 1. The highest BCUT2D eigenvalue weighted by Crippen LogP contribution is 2.27. The molecule has 0 bridgehead atoms. The van der Waals surface area contributed by atoms with Crippen LogP contribution in [0.5, 0.6) is 0 Å². The van der Waals surface area contributed by atoms with E-state index in [2.05, 4.69) is 20.4 Å². The second-order valence-electron chi connectivity index (χ2n) is 5.97. The van der Waals surface area contributed by atoms with Crippen molar-refractivity contribution in [2.24, 2.45) is 0 Å². The number of morpholine rings is 1. The Kier molecular flexibility index (Phi) is 6.27. The van der Waals surface area contributed by atoms with Crippen LogP contribution in [0.15, 0.2) is 23.4 Å². The second kappa shape index (κ2) is 8.66. The molecule has 1 unspecified atom stereocenters. The Morgan fingerprint density at radius 2 is 1.96 bits per heavy atom. The number of para-hydroxylation sites is 1. The summed E-state index contributed by atoms with van der Waals surface area (Å²) in [5.74, 6) is -1.41. The van der Waals surface area contributed by atoms with Crippen molar-refractivity contribution in [3.63, 3.8) is 0 Å². The van der Waals surface area contributed by atoms with Crippen molar-refractivity contribution in [1.29, 1.82) is 0 Å². The quantitative estimate of drug-likeness (QED) is 0.756. The number of amides is 1. The van der Waals surface area contributed by atoms with Crippen LogP contribution in [0.25, 0.3) is 0 Å². The van der Waals surface area contributed by atoms with E-state index in [4.69, 9.17) is 4.74 Å². The van der Waals surface area contributed by atoms with E-state index in [1.54, 1.807) is 6.92 Å². The number of nitrogens with zero attached hydrogens (tertiary/aromatic N) is 4. The SMILES string of the molecule is CCn1c(SC(C)C(=O)Nc2c(F)cccc2F)nnc1N1CCOCC1. The van der Waals surface area contributed by atoms with Gasteiger partial charge in [-0.3, -0.25) is 9.36 Å². The van der Waals surface area contributed by atoms with Crippen molar-refractivity contribution < 1.29 is 18.3 Å². The first-order valence-electron chi connectivity index (χ1n) is 8.68. The van der Waals surface area contributed by atoms with Crippen LogP contribution in [0.3, 0.4) is 0 Å². The van der Waals surface area contributed by atoms with Crippen LogP contribution in [0.2, 0.25) is 0 Å². The van der Waals surface area contributed by atoms with Crippen molar-refractivity contribution in [2.75, 3.05) is 36.5 Å². The zero-order valence-electron chi connectivity index (χ0n) is 15.1. The van der Waals surface area contributed by atoms with E-state index in [-0.39, 0.29) is 0 Å². The highest BCUT2D eigenvalue weighted by molar-refractivity contribution is 8.00. The molecule has 3 rings (SSSR count). The predicted octanol–water partition coefficient (Wildman–Crippen LogP) is 2.53. The lowest BCUT2D eigenvalue weighted by Crippen LogP contribution is -2.38. The molecule has 1 aromatic heterocycles. The fourth-order valence-electron chi connectivity index (χ4n) is 2.70. The molecule has 2 aromatic rings. The van der Waals surface area contributed by atoms with Gasteiger partial charge in [-0.25, -0.2) is 8.78 Å². The van der Waals surface area contributed by atoms with Gasteiger partial charge in [0.1, 0.15) is 17.3 Å². The van der Waals surface area contributed by atoms with Gasteiger partial charge in [-0.15, -0.1) is 10.2 Å². The predicted molar refractivity (Wildman–Crippen MR) is 99.0 cm³/mol. The number of hydrogen-bond acceptors (Lipinski definition) is 6. The maximum absolute atomic E-state index is 13.7. The molecule has 1 atom stereocenters. The van der Waals surface area contributed by atoms with Crippen molar-refractivity contribution >= 4 is 29.3 Å². The minimum absolute atomic E-state index is 0.444. The summed E-state index contributed by atoms with van der Waals surface area (Å²) in [5.41, 5.74) is -0.444. The Morgan fingerprint density at radius 1 is 1.30 bits per heavy atom. The standard InChI is InChI=1S/C17H21F2N5O2S/c1-3-24-16(23-7-9-26-10-8-23)21-22-17(24)27-11(2)15(25)20-14-12(18)5-4-6-13(14)19/h4-6,11H,3,7-10H2,1-2H3,(H,20,25). The van der Waals surface area contributed by atoms with Gasteiger partial charge in [0, 0.05) is 19.6 Å². The normalized spacial score (nSPS) is 15.6. The van der Waals surface area contributed by atoms with E-state index < -0.39 is 28.5 Å². The summed E-state index contributed by atoms with van der Waals surface area (Å²) < 4.78 is 34.7. The molecule has 1 amide bonds. The first-order chi connectivity index (χ1) is 13.0. The molecule has 146 valence electrons. The van der Waals surface area contributed by atoms with Crippen molar-refractivity contribution in [2.45, 2.75) is 30.8 Å². The number of nitrogens with one attached hydrogen (secondary N) is 1. The highest BCUT2D eigenvalue weighted by atomic mass is 32.2. The summed E-state index contributed by atoms with van der Waals surface area (Å²) in [6.45, 7) is 6.98. The first kappa shape index (κ1) is 19.6. The topological polar surface area (TPSA) is 72.3 Å². The van der Waals surface area contributed by atoms with Crippen molar-refractivity contribution in [3.05, 3.63) is 29.8 Å². The summed E-state index contributed by atoms with van der Waals surface area (Å²) >= 11 is 1.19. The summed E-state index contributed by atoms with van der Waals surface area (Å²) in [6.07, 6.45) is 0. The smallest absolute Gasteiger partial charge is 0.237 e. The molecule has 0 radical (unpaired) electrons. The molecule has 1 N–H and O–H groups in total. The zero-order valence-corrected chi connectivity index (χ0v) is 15.9. The third kappa shape index (κ3) is 4.38. The molecule has 0 spiro atoms. The van der Waals surface area contributed by atoms with E-state index in [1.807, 2.05) is 11.5 Å². The molecule has 1 aliphatic rings. The van der Waals surface area contributed by atoms with Gasteiger partial charge in [-0.2, -0.15) is 0 Å². The number of aromatic nitrogens is 3. The van der Waals surface area contributed by atoms with Crippen molar-refractivity contribution in [1.82, 2.24) is 14.8 Å². The third-order valence-corrected chi connectivity index (χ3v) is 5.25. The maximum atomic E-state index is 13.7. The summed E-state index contributed by atoms with van der Waals surface area (Å²) in [4.78, 5) is 14.5. The van der Waals surface area contributed by atoms with Crippen LogP contribution >= 0.6 is 11.8 Å². The molecular weight excluding hydrogens is 376 g/mol. The Morgan fingerprint density at radius 3 is 2.59 bits per heavy atom. The van der Waals surface area contributed by atoms with Crippen LogP contribution in [0.4, 0.5) is 20.4 Å². The van der Waals surface area contributed by atoms with Gasteiger partial charge in [-0.05, 0) is 26.0 Å². The fraction of sp³-hybridized carbons (Fsp3) is 0.471. The minimum atomic E-state index is -0.813. The lowest BCUT2D eigenvalue weighted by molar-refractivity contribution is -0.115. The van der Waals surface area contributed by atoms with Gasteiger partial charge < -0.3 is 15.0 Å². The molecule has 1 saturated heterocycles. The average Bonchev–Trinajstić information content (AvgIpc) is 3.07. The number of ether oxygens (including phenoxy) is 1. The molecule has 10 heteroatoms. The Hall–Kier alpha value is -2.20. The highest BCUT2D eigenvalue weighted by Gasteiger charge is 2.24. The van der Waals surface area contributed by atoms with E-state index in [1.165, 1.54) is 17.8 Å². The molecule has 2 heterocycles. The van der Waals surface area contributed by atoms with Crippen LogP contribution < -0.4 is 10.2 Å². The van der Waals surface area contributed by atoms with Crippen LogP contribution in [-0.2, 0) is 16.1 Å². The second-order valence-corrected chi connectivity index (χ2v) is 7.28. The summed E-state index contributed by atoms with van der Waals surface area (Å²) in [5, 5.41) is 10.7. The molecule has 0 aliphatic carbocycles. The lowest BCUT2D eigenvalue weighted by atomic mass is 10.3. The molecule has 7 nitrogen and oxygen atoms in total. The van der Waals surface area contributed by atoms with Gasteiger partial charge in [-0.1, -0.05) is 17.8 Å². The number of hydrogen-bond donors (Lipinski definition) is 1. The van der Waals surface area contributed by atoms with Crippen LogP contribution in [-0.4, -0.2) is 52.2 Å². The number of thioether (sulfide) groups is 1. The summed E-state index contributed by atoms with van der Waals surface area (Å²) in [7, 11) is 0. The van der Waals surface area contributed by atoms with Crippen LogP contribution in [0, 0.1) is 11.6 Å². The molecule has 1 fully saturated rings. The average molecular weight is 397 g/mol. The van der Waals surface area contributed by atoms with Gasteiger partial charge >= 0.3 is 0 Å².